The molecule has 1 aromatic rings. The predicted molar refractivity (Wildman–Crippen MR) is 84.0 cm³/mol. The number of nitrogens with zero attached hydrogens (tertiary/aromatic N) is 2. The number of hydrogen-bond acceptors (Lipinski definition) is 2. The van der Waals surface area contributed by atoms with Crippen LogP contribution in [0.2, 0.25) is 0 Å². The molecule has 2 rings (SSSR count). The molecule has 0 spiro atoms. The molecule has 1 atom stereocenters. The van der Waals surface area contributed by atoms with Gasteiger partial charge in [0.25, 0.3) is 0 Å². The lowest BCUT2D eigenvalue weighted by molar-refractivity contribution is 0.0979. The second-order valence-electron chi connectivity index (χ2n) is 7.41. The number of aromatic nitrogens is 1. The second-order valence-corrected chi connectivity index (χ2v) is 7.41. The van der Waals surface area contributed by atoms with E-state index < -0.39 is 0 Å². The van der Waals surface area contributed by atoms with Crippen molar-refractivity contribution in [2.24, 2.45) is 5.41 Å². The van der Waals surface area contributed by atoms with E-state index in [2.05, 4.69) is 50.4 Å². The van der Waals surface area contributed by atoms with Crippen molar-refractivity contribution < 1.29 is 5.11 Å². The van der Waals surface area contributed by atoms with Crippen LogP contribution in [0, 0.1) is 12.3 Å². The van der Waals surface area contributed by atoms with Crippen molar-refractivity contribution in [1.82, 2.24) is 9.47 Å². The van der Waals surface area contributed by atoms with Gasteiger partial charge in [-0.2, -0.15) is 0 Å². The van der Waals surface area contributed by atoms with Gasteiger partial charge in [0.15, 0.2) is 0 Å². The van der Waals surface area contributed by atoms with Gasteiger partial charge in [-0.3, -0.25) is 0 Å². The molecule has 3 heteroatoms. The molecule has 1 N–H and O–H groups in total. The summed E-state index contributed by atoms with van der Waals surface area (Å²) in [6.07, 6.45) is 4.11. The standard InChI is InChI=1S/C17H30N2O/c1-13-10-14-15(11-17(2,3)12-16(14)20)19(13)9-7-6-8-18(4)5/h10,16,20H,6-9,11-12H2,1-5H3. The van der Waals surface area contributed by atoms with E-state index in [1.54, 1.807) is 0 Å². The Bertz CT molecular complexity index is 460. The molecule has 1 aromatic heterocycles. The zero-order valence-electron chi connectivity index (χ0n) is 13.7. The number of fused-ring (bicyclic) bond motifs is 1. The highest BCUT2D eigenvalue weighted by atomic mass is 16.3. The van der Waals surface area contributed by atoms with Crippen molar-refractivity contribution in [3.8, 4) is 0 Å². The van der Waals surface area contributed by atoms with Crippen molar-refractivity contribution in [3.05, 3.63) is 23.0 Å². The maximum atomic E-state index is 10.4. The first-order valence-corrected chi connectivity index (χ1v) is 7.82. The average Bonchev–Trinajstić information content (AvgIpc) is 2.60. The largest absolute Gasteiger partial charge is 0.388 e. The first-order valence-electron chi connectivity index (χ1n) is 7.82. The third kappa shape index (κ3) is 3.44. The van der Waals surface area contributed by atoms with Crippen molar-refractivity contribution in [2.75, 3.05) is 20.6 Å². The van der Waals surface area contributed by atoms with Crippen LogP contribution in [0.5, 0.6) is 0 Å². The molecule has 1 heterocycles. The fourth-order valence-electron chi connectivity index (χ4n) is 3.41. The molecule has 0 saturated carbocycles. The normalized spacial score (nSPS) is 21.2. The van der Waals surface area contributed by atoms with E-state index in [4.69, 9.17) is 0 Å². The average molecular weight is 278 g/mol. The Hall–Kier alpha value is -0.800. The van der Waals surface area contributed by atoms with Crippen molar-refractivity contribution in [1.29, 1.82) is 0 Å². The maximum absolute atomic E-state index is 10.4. The van der Waals surface area contributed by atoms with Crippen LogP contribution in [0.4, 0.5) is 0 Å². The predicted octanol–water partition coefficient (Wildman–Crippen LogP) is 3.14. The first kappa shape index (κ1) is 15.6. The number of aliphatic hydroxyl groups is 1. The minimum Gasteiger partial charge on any atom is -0.388 e. The lowest BCUT2D eigenvalue weighted by Gasteiger charge is -2.34. The lowest BCUT2D eigenvalue weighted by atomic mass is 9.75. The maximum Gasteiger partial charge on any atom is 0.0812 e. The van der Waals surface area contributed by atoms with Gasteiger partial charge < -0.3 is 14.6 Å². The van der Waals surface area contributed by atoms with E-state index in [-0.39, 0.29) is 11.5 Å². The molecule has 1 aliphatic rings. The Balaban J connectivity index is 2.10. The van der Waals surface area contributed by atoms with E-state index >= 15 is 0 Å². The number of hydrogen-bond donors (Lipinski definition) is 1. The number of rotatable bonds is 5. The van der Waals surface area contributed by atoms with Gasteiger partial charge in [-0.15, -0.1) is 0 Å². The third-order valence-electron chi connectivity index (χ3n) is 4.44. The summed E-state index contributed by atoms with van der Waals surface area (Å²) in [5, 5.41) is 10.4. The summed E-state index contributed by atoms with van der Waals surface area (Å²) in [6, 6.07) is 2.20. The molecule has 0 saturated heterocycles. The summed E-state index contributed by atoms with van der Waals surface area (Å²) in [5.41, 5.74) is 4.06. The summed E-state index contributed by atoms with van der Waals surface area (Å²) in [4.78, 5) is 2.24. The Morgan fingerprint density at radius 1 is 1.35 bits per heavy atom. The van der Waals surface area contributed by atoms with E-state index in [1.165, 1.54) is 29.8 Å². The van der Waals surface area contributed by atoms with Gasteiger partial charge >= 0.3 is 0 Å². The van der Waals surface area contributed by atoms with Crippen LogP contribution in [0.15, 0.2) is 6.07 Å². The Morgan fingerprint density at radius 2 is 2.05 bits per heavy atom. The van der Waals surface area contributed by atoms with Gasteiger partial charge in [0.05, 0.1) is 6.10 Å². The SMILES string of the molecule is Cc1cc2c(n1CCCCN(C)C)CC(C)(C)CC2O. The van der Waals surface area contributed by atoms with Crippen LogP contribution >= 0.6 is 0 Å². The van der Waals surface area contributed by atoms with Gasteiger partial charge in [-0.05, 0) is 64.7 Å². The van der Waals surface area contributed by atoms with Gasteiger partial charge in [0.2, 0.25) is 0 Å². The Morgan fingerprint density at radius 3 is 2.70 bits per heavy atom. The summed E-state index contributed by atoms with van der Waals surface area (Å²) in [5.74, 6) is 0. The molecule has 0 amide bonds. The van der Waals surface area contributed by atoms with Gasteiger partial charge in [-0.25, -0.2) is 0 Å². The molecule has 0 aliphatic heterocycles. The quantitative estimate of drug-likeness (QED) is 0.838. The molecule has 3 nitrogen and oxygen atoms in total. The minimum atomic E-state index is -0.282. The smallest absolute Gasteiger partial charge is 0.0812 e. The highest BCUT2D eigenvalue weighted by molar-refractivity contribution is 5.33. The fraction of sp³-hybridized carbons (Fsp3) is 0.765. The van der Waals surface area contributed by atoms with Crippen molar-refractivity contribution in [3.63, 3.8) is 0 Å². The van der Waals surface area contributed by atoms with E-state index in [9.17, 15) is 5.11 Å². The molecule has 0 fully saturated rings. The molecule has 1 aliphatic carbocycles. The summed E-state index contributed by atoms with van der Waals surface area (Å²) < 4.78 is 2.44. The highest BCUT2D eigenvalue weighted by Crippen LogP contribution is 2.41. The minimum absolute atomic E-state index is 0.207. The van der Waals surface area contributed by atoms with E-state index in [1.807, 2.05) is 0 Å². The van der Waals surface area contributed by atoms with Gasteiger partial charge in [0, 0.05) is 23.5 Å². The highest BCUT2D eigenvalue weighted by Gasteiger charge is 2.33. The van der Waals surface area contributed by atoms with Crippen molar-refractivity contribution >= 4 is 0 Å². The van der Waals surface area contributed by atoms with Crippen molar-refractivity contribution in [2.45, 2.75) is 59.1 Å². The Kier molecular flexibility index (Phi) is 4.60. The topological polar surface area (TPSA) is 28.4 Å². The second kappa shape index (κ2) is 5.90. The number of aryl methyl sites for hydroxylation is 1. The van der Waals surface area contributed by atoms with Crippen LogP contribution < -0.4 is 0 Å². The molecular weight excluding hydrogens is 248 g/mol. The zero-order chi connectivity index (χ0) is 14.9. The van der Waals surface area contributed by atoms with Crippen LogP contribution in [-0.2, 0) is 13.0 Å². The summed E-state index contributed by atoms with van der Waals surface area (Å²) in [7, 11) is 4.25. The number of unbranched alkanes of at least 4 members (excludes halogenated alkanes) is 1. The van der Waals surface area contributed by atoms with Crippen LogP contribution in [0.3, 0.4) is 0 Å². The van der Waals surface area contributed by atoms with Gasteiger partial charge in [0.1, 0.15) is 0 Å². The molecule has 20 heavy (non-hydrogen) atoms. The monoisotopic (exact) mass is 278 g/mol. The molecule has 0 aromatic carbocycles. The third-order valence-corrected chi connectivity index (χ3v) is 4.44. The zero-order valence-corrected chi connectivity index (χ0v) is 13.7. The van der Waals surface area contributed by atoms with Crippen LogP contribution in [-0.4, -0.2) is 35.2 Å². The van der Waals surface area contributed by atoms with E-state index in [0.29, 0.717) is 0 Å². The Labute approximate surface area is 123 Å². The van der Waals surface area contributed by atoms with Crippen LogP contribution in [0.1, 0.15) is 56.2 Å². The molecule has 0 bridgehead atoms. The summed E-state index contributed by atoms with van der Waals surface area (Å²) >= 11 is 0. The van der Waals surface area contributed by atoms with E-state index in [0.717, 1.165) is 25.9 Å². The number of aliphatic hydroxyl groups excluding tert-OH is 1. The molecule has 114 valence electrons. The summed E-state index contributed by atoms with van der Waals surface area (Å²) in [6.45, 7) is 8.92. The fourth-order valence-corrected chi connectivity index (χ4v) is 3.41. The molecular formula is C17H30N2O. The lowest BCUT2D eigenvalue weighted by Crippen LogP contribution is -2.27. The first-order chi connectivity index (χ1) is 9.30. The van der Waals surface area contributed by atoms with Crippen LogP contribution in [0.25, 0.3) is 0 Å². The van der Waals surface area contributed by atoms with Gasteiger partial charge in [-0.1, -0.05) is 13.8 Å². The molecule has 0 radical (unpaired) electrons. The molecule has 1 unspecified atom stereocenters.